The van der Waals surface area contributed by atoms with Crippen LogP contribution < -0.4 is 11.3 Å². The fourth-order valence-corrected chi connectivity index (χ4v) is 4.22. The zero-order chi connectivity index (χ0) is 20.5. The van der Waals surface area contributed by atoms with Crippen molar-refractivity contribution in [1.82, 2.24) is 14.7 Å². The molecule has 0 radical (unpaired) electrons. The lowest BCUT2D eigenvalue weighted by molar-refractivity contribution is 0.0780. The number of hydrogen-bond donors (Lipinski definition) is 1. The molecule has 0 bridgehead atoms. The Kier molecular flexibility index (Phi) is 6.58. The van der Waals surface area contributed by atoms with Crippen LogP contribution in [0.3, 0.4) is 0 Å². The largest absolute Gasteiger partial charge is 0.336 e. The van der Waals surface area contributed by atoms with Crippen molar-refractivity contribution in [2.24, 2.45) is 11.7 Å². The maximum atomic E-state index is 13.5. The predicted molar refractivity (Wildman–Crippen MR) is 121 cm³/mol. The van der Waals surface area contributed by atoms with E-state index in [0.29, 0.717) is 36.1 Å². The molecule has 2 N–H and O–H groups in total. The summed E-state index contributed by atoms with van der Waals surface area (Å²) < 4.78 is 1.40. The number of nitrogens with zero attached hydrogens (tertiary/aromatic N) is 3. The first-order chi connectivity index (χ1) is 14.0. The monoisotopic (exact) mass is 426 g/mol. The quantitative estimate of drug-likeness (QED) is 0.694. The fourth-order valence-electron chi connectivity index (χ4n) is 4.22. The van der Waals surface area contributed by atoms with Gasteiger partial charge in [0.2, 0.25) is 0 Å². The van der Waals surface area contributed by atoms with E-state index in [1.807, 2.05) is 49.1 Å². The number of amides is 1. The van der Waals surface area contributed by atoms with E-state index in [2.05, 4.69) is 17.2 Å². The summed E-state index contributed by atoms with van der Waals surface area (Å²) in [6, 6.07) is 17.3. The zero-order valence-corrected chi connectivity index (χ0v) is 18.0. The summed E-state index contributed by atoms with van der Waals surface area (Å²) in [7, 11) is 0. The van der Waals surface area contributed by atoms with Gasteiger partial charge in [-0.1, -0.05) is 48.5 Å². The molecule has 3 aromatic rings. The van der Waals surface area contributed by atoms with Crippen LogP contribution in [0.2, 0.25) is 0 Å². The van der Waals surface area contributed by atoms with E-state index in [-0.39, 0.29) is 41.8 Å². The molecule has 1 aliphatic rings. The topological polar surface area (TPSA) is 81.2 Å². The van der Waals surface area contributed by atoms with Crippen LogP contribution in [0.4, 0.5) is 0 Å². The maximum absolute atomic E-state index is 13.5. The summed E-state index contributed by atoms with van der Waals surface area (Å²) >= 11 is 0. The molecule has 2 atom stereocenters. The SMILES string of the molecule is CC(C)n1nc(C(=O)N2C[C@@H](CN)[C@H](c3ccccc3)C2)c2ccccc2c1=O.Cl. The van der Waals surface area contributed by atoms with Crippen molar-refractivity contribution < 1.29 is 4.79 Å². The van der Waals surface area contributed by atoms with Crippen molar-refractivity contribution >= 4 is 29.1 Å². The van der Waals surface area contributed by atoms with E-state index >= 15 is 0 Å². The highest BCUT2D eigenvalue weighted by molar-refractivity contribution is 6.04. The van der Waals surface area contributed by atoms with Crippen molar-refractivity contribution in [3.63, 3.8) is 0 Å². The lowest BCUT2D eigenvalue weighted by Gasteiger charge is -2.19. The number of aromatic nitrogens is 2. The second-order valence-corrected chi connectivity index (χ2v) is 7.96. The molecule has 6 nitrogen and oxygen atoms in total. The van der Waals surface area contributed by atoms with Gasteiger partial charge in [-0.3, -0.25) is 9.59 Å². The summed E-state index contributed by atoms with van der Waals surface area (Å²) in [6.07, 6.45) is 0. The summed E-state index contributed by atoms with van der Waals surface area (Å²) in [5.74, 6) is 0.253. The van der Waals surface area contributed by atoms with Crippen LogP contribution in [0.1, 0.15) is 41.9 Å². The normalized spacial score (nSPS) is 18.6. The molecule has 1 amide bonds. The lowest BCUT2D eigenvalue weighted by Crippen LogP contribution is -2.34. The van der Waals surface area contributed by atoms with Gasteiger partial charge in [0, 0.05) is 24.4 Å². The highest BCUT2D eigenvalue weighted by Gasteiger charge is 2.36. The molecule has 1 aromatic heterocycles. The van der Waals surface area contributed by atoms with Gasteiger partial charge in [-0.2, -0.15) is 5.10 Å². The number of carbonyl (C=O) groups excluding carboxylic acids is 1. The molecule has 1 saturated heterocycles. The number of carbonyl (C=O) groups is 1. The Bertz CT molecular complexity index is 1100. The van der Waals surface area contributed by atoms with Gasteiger partial charge in [-0.05, 0) is 37.9 Å². The number of rotatable bonds is 4. The molecule has 7 heteroatoms. The van der Waals surface area contributed by atoms with Crippen molar-refractivity contribution in [2.45, 2.75) is 25.8 Å². The number of hydrogen-bond acceptors (Lipinski definition) is 4. The van der Waals surface area contributed by atoms with Crippen LogP contribution in [0, 0.1) is 5.92 Å². The van der Waals surface area contributed by atoms with Gasteiger partial charge in [0.25, 0.3) is 11.5 Å². The standard InChI is InChI=1S/C23H26N4O2.ClH/c1-15(2)27-22(28)19-11-7-6-10-18(19)21(25-27)23(29)26-13-17(12-24)20(14-26)16-8-4-3-5-9-16;/h3-11,15,17,20H,12-14,24H2,1-2H3;1H/t17-,20+;/m1./s1. The third-order valence-corrected chi connectivity index (χ3v) is 5.78. The number of fused-ring (bicyclic) bond motifs is 1. The minimum atomic E-state index is -0.171. The maximum Gasteiger partial charge on any atom is 0.274 e. The molecule has 1 fully saturated rings. The number of benzene rings is 2. The Morgan fingerprint density at radius 1 is 1.07 bits per heavy atom. The summed E-state index contributed by atoms with van der Waals surface area (Å²) in [5, 5.41) is 5.60. The van der Waals surface area contributed by atoms with Gasteiger partial charge in [-0.15, -0.1) is 12.4 Å². The Morgan fingerprint density at radius 2 is 1.70 bits per heavy atom. The van der Waals surface area contributed by atoms with Gasteiger partial charge in [0.15, 0.2) is 5.69 Å². The van der Waals surface area contributed by atoms with Crippen molar-refractivity contribution in [3.8, 4) is 0 Å². The second kappa shape index (κ2) is 8.98. The molecule has 0 spiro atoms. The smallest absolute Gasteiger partial charge is 0.274 e. The van der Waals surface area contributed by atoms with Crippen LogP contribution in [-0.2, 0) is 0 Å². The zero-order valence-electron chi connectivity index (χ0n) is 17.2. The molecular weight excluding hydrogens is 400 g/mol. The highest BCUT2D eigenvalue weighted by Crippen LogP contribution is 2.33. The predicted octanol–water partition coefficient (Wildman–Crippen LogP) is 3.21. The molecule has 0 aliphatic carbocycles. The summed E-state index contributed by atoms with van der Waals surface area (Å²) in [5.41, 5.74) is 7.40. The molecular formula is C23H27ClN4O2. The van der Waals surface area contributed by atoms with Crippen LogP contribution in [0.25, 0.3) is 10.8 Å². The second-order valence-electron chi connectivity index (χ2n) is 7.96. The molecule has 2 aromatic carbocycles. The van der Waals surface area contributed by atoms with Crippen molar-refractivity contribution in [1.29, 1.82) is 0 Å². The Balaban J connectivity index is 0.00000256. The van der Waals surface area contributed by atoms with Crippen LogP contribution in [0.15, 0.2) is 59.4 Å². The highest BCUT2D eigenvalue weighted by atomic mass is 35.5. The number of likely N-dealkylation sites (tertiary alicyclic amines) is 1. The van der Waals surface area contributed by atoms with Crippen LogP contribution in [0.5, 0.6) is 0 Å². The molecule has 2 heterocycles. The molecule has 30 heavy (non-hydrogen) atoms. The molecule has 1 aliphatic heterocycles. The first-order valence-electron chi connectivity index (χ1n) is 10.1. The molecule has 0 saturated carbocycles. The van der Waals surface area contributed by atoms with Gasteiger partial charge < -0.3 is 10.6 Å². The minimum Gasteiger partial charge on any atom is -0.336 e. The Labute approximate surface area is 182 Å². The first-order valence-corrected chi connectivity index (χ1v) is 10.1. The van der Waals surface area contributed by atoms with Crippen LogP contribution in [-0.4, -0.2) is 40.2 Å². The van der Waals surface area contributed by atoms with Gasteiger partial charge in [0.05, 0.1) is 11.4 Å². The molecule has 0 unspecified atom stereocenters. The summed E-state index contributed by atoms with van der Waals surface area (Å²) in [4.78, 5) is 28.1. The molecule has 158 valence electrons. The Morgan fingerprint density at radius 3 is 2.33 bits per heavy atom. The van der Waals surface area contributed by atoms with E-state index < -0.39 is 0 Å². The van der Waals surface area contributed by atoms with E-state index in [0.717, 1.165) is 0 Å². The van der Waals surface area contributed by atoms with Crippen molar-refractivity contribution in [3.05, 3.63) is 76.2 Å². The van der Waals surface area contributed by atoms with E-state index in [1.165, 1.54) is 10.2 Å². The number of nitrogens with two attached hydrogens (primary N) is 1. The van der Waals surface area contributed by atoms with Gasteiger partial charge in [0.1, 0.15) is 0 Å². The molecule has 4 rings (SSSR count). The van der Waals surface area contributed by atoms with Gasteiger partial charge >= 0.3 is 0 Å². The fraction of sp³-hybridized carbons (Fsp3) is 0.348. The minimum absolute atomic E-state index is 0. The average Bonchev–Trinajstić information content (AvgIpc) is 3.19. The average molecular weight is 427 g/mol. The third-order valence-electron chi connectivity index (χ3n) is 5.78. The van der Waals surface area contributed by atoms with Crippen LogP contribution >= 0.6 is 12.4 Å². The van der Waals surface area contributed by atoms with Crippen molar-refractivity contribution in [2.75, 3.05) is 19.6 Å². The lowest BCUT2D eigenvalue weighted by atomic mass is 9.89. The third kappa shape index (κ3) is 3.85. The van der Waals surface area contributed by atoms with E-state index in [4.69, 9.17) is 5.73 Å². The van der Waals surface area contributed by atoms with E-state index in [1.54, 1.807) is 12.1 Å². The van der Waals surface area contributed by atoms with E-state index in [9.17, 15) is 9.59 Å². The van der Waals surface area contributed by atoms with Gasteiger partial charge in [-0.25, -0.2) is 4.68 Å². The summed E-state index contributed by atoms with van der Waals surface area (Å²) in [6.45, 7) is 5.49. The first kappa shape index (κ1) is 22.0. The Hall–Kier alpha value is -2.70. The number of halogens is 1.